The Hall–Kier alpha value is -2.28. The van der Waals surface area contributed by atoms with E-state index in [0.29, 0.717) is 13.1 Å². The van der Waals surface area contributed by atoms with E-state index in [0.717, 1.165) is 50.5 Å². The summed E-state index contributed by atoms with van der Waals surface area (Å²) in [6.45, 7) is 5.25. The highest BCUT2D eigenvalue weighted by molar-refractivity contribution is 5.98. The number of likely N-dealkylation sites (N-methyl/N-ethyl adjacent to an activating group) is 1. The summed E-state index contributed by atoms with van der Waals surface area (Å²) in [6.07, 6.45) is 6.82. The van der Waals surface area contributed by atoms with Crippen molar-refractivity contribution in [2.24, 2.45) is 11.8 Å². The molecule has 2 fully saturated rings. The van der Waals surface area contributed by atoms with Crippen LogP contribution < -0.4 is 10.6 Å². The molecule has 186 valence electrons. The maximum absolute atomic E-state index is 14.7. The lowest BCUT2D eigenvalue weighted by Crippen LogP contribution is -2.48. The number of hydrogen-bond donors (Lipinski definition) is 2. The van der Waals surface area contributed by atoms with Crippen molar-refractivity contribution in [1.82, 2.24) is 15.5 Å². The van der Waals surface area contributed by atoms with Gasteiger partial charge in [-0.3, -0.25) is 14.4 Å². The summed E-state index contributed by atoms with van der Waals surface area (Å²) in [4.78, 5) is 40.2. The Kier molecular flexibility index (Phi) is 9.01. The number of halogens is 1. The Labute approximate surface area is 199 Å². The van der Waals surface area contributed by atoms with Crippen LogP contribution in [0.3, 0.4) is 0 Å². The topological polar surface area (TPSA) is 78.5 Å². The number of benzene rings is 1. The van der Waals surface area contributed by atoms with Crippen LogP contribution in [0.25, 0.3) is 0 Å². The molecular formula is C26H42FN3O3. The maximum Gasteiger partial charge on any atom is 0.254 e. The fourth-order valence-electron chi connectivity index (χ4n) is 5.18. The number of ketones is 1. The van der Waals surface area contributed by atoms with E-state index in [1.165, 1.54) is 6.07 Å². The maximum atomic E-state index is 14.7. The molecule has 1 aliphatic heterocycles. The summed E-state index contributed by atoms with van der Waals surface area (Å²) in [6, 6.07) is 4.07. The molecule has 7 heteroatoms. The van der Waals surface area contributed by atoms with Gasteiger partial charge in [0.2, 0.25) is 5.91 Å². The van der Waals surface area contributed by atoms with Gasteiger partial charge in [-0.05, 0) is 56.3 Å². The Balaban J connectivity index is 0.00000306. The summed E-state index contributed by atoms with van der Waals surface area (Å²) in [5.41, 5.74) is 0.830. The summed E-state index contributed by atoms with van der Waals surface area (Å²) >= 11 is 0. The average molecular weight is 464 g/mol. The molecule has 2 atom stereocenters. The van der Waals surface area contributed by atoms with Crippen LogP contribution in [-0.2, 0) is 9.59 Å². The van der Waals surface area contributed by atoms with Crippen LogP contribution in [0.2, 0.25) is 0 Å². The highest BCUT2D eigenvalue weighted by atomic mass is 19.1. The molecule has 6 nitrogen and oxygen atoms in total. The van der Waals surface area contributed by atoms with Gasteiger partial charge in [0.05, 0.1) is 18.2 Å². The first-order chi connectivity index (χ1) is 15.8. The van der Waals surface area contributed by atoms with Gasteiger partial charge in [0, 0.05) is 27.8 Å². The second-order valence-corrected chi connectivity index (χ2v) is 9.85. The number of nitrogens with one attached hydrogen (secondary N) is 2. The molecule has 0 spiro atoms. The SMILES string of the molecule is CNCC(=O)N1CCCC(c2ccc(F)c(C(=O)N[C@@H](C(=O)C(C)C)C3CCCCC3)c2)C1.[HH].[HH]. The summed E-state index contributed by atoms with van der Waals surface area (Å²) in [5.74, 6) is -1.10. The van der Waals surface area contributed by atoms with E-state index in [1.807, 2.05) is 18.7 Å². The number of amides is 2. The Morgan fingerprint density at radius 3 is 2.52 bits per heavy atom. The number of nitrogens with zero attached hydrogens (tertiary/aromatic N) is 1. The minimum absolute atomic E-state index is 0. The second kappa shape index (κ2) is 11.7. The summed E-state index contributed by atoms with van der Waals surface area (Å²) in [5, 5.41) is 5.79. The zero-order chi connectivity index (χ0) is 24.0. The lowest BCUT2D eigenvalue weighted by Gasteiger charge is -2.33. The zero-order valence-electron chi connectivity index (χ0n) is 20.2. The van der Waals surface area contributed by atoms with Crippen LogP contribution >= 0.6 is 0 Å². The normalized spacial score (nSPS) is 20.5. The van der Waals surface area contributed by atoms with Gasteiger partial charge in [0.25, 0.3) is 5.91 Å². The van der Waals surface area contributed by atoms with E-state index < -0.39 is 17.8 Å². The van der Waals surface area contributed by atoms with Crippen molar-refractivity contribution in [3.63, 3.8) is 0 Å². The first-order valence-corrected chi connectivity index (χ1v) is 12.4. The molecule has 3 rings (SSSR count). The molecule has 1 aromatic carbocycles. The second-order valence-electron chi connectivity index (χ2n) is 9.85. The number of piperidine rings is 1. The molecule has 2 aliphatic rings. The van der Waals surface area contributed by atoms with Crippen molar-refractivity contribution in [2.75, 3.05) is 26.7 Å². The number of carbonyl (C=O) groups is 3. The largest absolute Gasteiger partial charge is 0.342 e. The van der Waals surface area contributed by atoms with Crippen LogP contribution in [0.15, 0.2) is 18.2 Å². The van der Waals surface area contributed by atoms with Gasteiger partial charge in [-0.15, -0.1) is 0 Å². The molecule has 1 saturated carbocycles. The van der Waals surface area contributed by atoms with Gasteiger partial charge in [0.15, 0.2) is 5.78 Å². The zero-order valence-corrected chi connectivity index (χ0v) is 20.2. The molecule has 1 unspecified atom stereocenters. The van der Waals surface area contributed by atoms with Gasteiger partial charge < -0.3 is 15.5 Å². The van der Waals surface area contributed by atoms with Crippen LogP contribution in [0.4, 0.5) is 4.39 Å². The number of hydrogen-bond acceptors (Lipinski definition) is 4. The van der Waals surface area contributed by atoms with E-state index in [9.17, 15) is 18.8 Å². The summed E-state index contributed by atoms with van der Waals surface area (Å²) < 4.78 is 14.7. The molecule has 0 radical (unpaired) electrons. The number of Topliss-reactive ketones (excluding diaryl/α,β-unsaturated/α-hetero) is 1. The first kappa shape index (κ1) is 25.3. The molecule has 1 aliphatic carbocycles. The molecule has 2 amide bonds. The standard InChI is InChI=1S/C26H38FN3O3.2H2/c1-17(2)25(32)24(18-8-5-4-6-9-18)29-26(33)21-14-19(11-12-22(21)27)20-10-7-13-30(16-20)23(31)15-28-3;;/h11-12,14,17-18,20,24,28H,4-10,13,15-16H2,1-3H3,(H,29,33);2*1H/t20?,24-;;/m1../s1. The monoisotopic (exact) mass is 463 g/mol. The third-order valence-corrected chi connectivity index (χ3v) is 7.09. The number of carbonyl (C=O) groups excluding carboxylic acids is 3. The molecule has 0 bridgehead atoms. The molecule has 1 aromatic rings. The predicted octanol–water partition coefficient (Wildman–Crippen LogP) is 4.15. The van der Waals surface area contributed by atoms with Crippen molar-refractivity contribution in [2.45, 2.75) is 70.8 Å². The van der Waals surface area contributed by atoms with Gasteiger partial charge in [-0.2, -0.15) is 0 Å². The molecule has 33 heavy (non-hydrogen) atoms. The van der Waals surface area contributed by atoms with Crippen LogP contribution in [0, 0.1) is 17.7 Å². The fourth-order valence-corrected chi connectivity index (χ4v) is 5.18. The highest BCUT2D eigenvalue weighted by Gasteiger charge is 2.33. The van der Waals surface area contributed by atoms with Crippen molar-refractivity contribution in [1.29, 1.82) is 0 Å². The van der Waals surface area contributed by atoms with Crippen LogP contribution in [0.1, 0.15) is 83.5 Å². The van der Waals surface area contributed by atoms with Gasteiger partial charge in [0.1, 0.15) is 5.82 Å². The smallest absolute Gasteiger partial charge is 0.254 e. The minimum Gasteiger partial charge on any atom is -0.342 e. The van der Waals surface area contributed by atoms with Crippen LogP contribution in [-0.4, -0.2) is 55.2 Å². The van der Waals surface area contributed by atoms with E-state index in [1.54, 1.807) is 19.2 Å². The van der Waals surface area contributed by atoms with Crippen molar-refractivity contribution < 1.29 is 21.6 Å². The lowest BCUT2D eigenvalue weighted by molar-refractivity contribution is -0.131. The first-order valence-electron chi connectivity index (χ1n) is 12.4. The minimum atomic E-state index is -0.588. The Morgan fingerprint density at radius 1 is 1.12 bits per heavy atom. The van der Waals surface area contributed by atoms with Gasteiger partial charge >= 0.3 is 0 Å². The van der Waals surface area contributed by atoms with E-state index in [4.69, 9.17) is 0 Å². The predicted molar refractivity (Wildman–Crippen MR) is 131 cm³/mol. The lowest BCUT2D eigenvalue weighted by atomic mass is 9.80. The number of rotatable bonds is 8. The molecular weight excluding hydrogens is 421 g/mol. The summed E-state index contributed by atoms with van der Waals surface area (Å²) in [7, 11) is 1.74. The van der Waals surface area contributed by atoms with Gasteiger partial charge in [-0.1, -0.05) is 39.2 Å². The van der Waals surface area contributed by atoms with Crippen LogP contribution in [0.5, 0.6) is 0 Å². The molecule has 1 heterocycles. The van der Waals surface area contributed by atoms with Gasteiger partial charge in [-0.25, -0.2) is 4.39 Å². The van der Waals surface area contributed by atoms with E-state index in [-0.39, 0.29) is 44.4 Å². The molecule has 1 saturated heterocycles. The number of likely N-dealkylation sites (tertiary alicyclic amines) is 1. The Bertz CT molecular complexity index is 862. The van der Waals surface area contributed by atoms with Crippen molar-refractivity contribution in [3.8, 4) is 0 Å². The van der Waals surface area contributed by atoms with E-state index >= 15 is 0 Å². The van der Waals surface area contributed by atoms with Crippen molar-refractivity contribution in [3.05, 3.63) is 35.1 Å². The molecule has 0 aromatic heterocycles. The third kappa shape index (κ3) is 6.40. The van der Waals surface area contributed by atoms with Crippen molar-refractivity contribution >= 4 is 17.6 Å². The molecule has 2 N–H and O–H groups in total. The average Bonchev–Trinajstić information content (AvgIpc) is 2.83. The fraction of sp³-hybridized carbons (Fsp3) is 0.654. The highest BCUT2D eigenvalue weighted by Crippen LogP contribution is 2.30. The Morgan fingerprint density at radius 2 is 1.85 bits per heavy atom. The quantitative estimate of drug-likeness (QED) is 0.607. The van der Waals surface area contributed by atoms with E-state index in [2.05, 4.69) is 10.6 Å². The third-order valence-electron chi connectivity index (χ3n) is 7.09.